The maximum atomic E-state index is 13.7. The molecule has 37 heavy (non-hydrogen) atoms. The second-order valence-electron chi connectivity index (χ2n) is 9.84. The number of fused-ring (bicyclic) bond motifs is 1. The first-order chi connectivity index (χ1) is 17.5. The van der Waals surface area contributed by atoms with E-state index >= 15 is 0 Å². The minimum absolute atomic E-state index is 0.0316. The standard InChI is InChI=1S/C29H30N2O5S/c1-7-35-27(34)24-17(2)30-28-31(25(24)20-10-14-22(15-11-20)36-18(3)32)26(33)23(37-28)16-19-8-12-21(13-9-19)29(4,5)6/h8-16,25H,7H2,1-6H3/b23-16+/t25-/m0/s1. The van der Waals surface area contributed by atoms with Crippen molar-refractivity contribution in [2.24, 2.45) is 4.99 Å². The van der Waals surface area contributed by atoms with E-state index in [1.807, 2.05) is 18.2 Å². The van der Waals surface area contributed by atoms with Gasteiger partial charge in [-0.3, -0.25) is 14.2 Å². The van der Waals surface area contributed by atoms with Crippen LogP contribution in [-0.2, 0) is 19.7 Å². The number of esters is 2. The van der Waals surface area contributed by atoms with E-state index in [0.29, 0.717) is 31.9 Å². The van der Waals surface area contributed by atoms with Gasteiger partial charge in [-0.25, -0.2) is 9.79 Å². The van der Waals surface area contributed by atoms with Crippen LogP contribution >= 0.6 is 11.3 Å². The van der Waals surface area contributed by atoms with Crippen LogP contribution in [0.25, 0.3) is 6.08 Å². The van der Waals surface area contributed by atoms with Gasteiger partial charge in [0.2, 0.25) is 0 Å². The quantitative estimate of drug-likeness (QED) is 0.376. The molecule has 3 aromatic rings. The van der Waals surface area contributed by atoms with E-state index in [-0.39, 0.29) is 17.6 Å². The topological polar surface area (TPSA) is 87.0 Å². The molecule has 0 bridgehead atoms. The number of rotatable bonds is 5. The third kappa shape index (κ3) is 5.49. The molecule has 0 spiro atoms. The highest BCUT2D eigenvalue weighted by Gasteiger charge is 2.33. The number of hydrogen-bond donors (Lipinski definition) is 0. The molecule has 1 atom stereocenters. The van der Waals surface area contributed by atoms with Gasteiger partial charge in [-0.05, 0) is 54.2 Å². The molecule has 1 aromatic heterocycles. The van der Waals surface area contributed by atoms with Gasteiger partial charge in [0.1, 0.15) is 5.75 Å². The van der Waals surface area contributed by atoms with E-state index in [1.54, 1.807) is 42.7 Å². The third-order valence-corrected chi connectivity index (χ3v) is 7.03. The number of carbonyl (C=O) groups excluding carboxylic acids is 2. The smallest absolute Gasteiger partial charge is 0.338 e. The molecule has 2 aromatic carbocycles. The summed E-state index contributed by atoms with van der Waals surface area (Å²) in [5.74, 6) is -0.579. The number of thiazole rings is 1. The molecule has 1 aliphatic rings. The fraction of sp³-hybridized carbons (Fsp3) is 0.310. The fourth-order valence-corrected chi connectivity index (χ4v) is 5.27. The normalized spacial score (nSPS) is 15.7. The third-order valence-electron chi connectivity index (χ3n) is 6.05. The lowest BCUT2D eigenvalue weighted by Gasteiger charge is -2.24. The van der Waals surface area contributed by atoms with Crippen LogP contribution in [0.5, 0.6) is 5.75 Å². The second-order valence-corrected chi connectivity index (χ2v) is 10.8. The van der Waals surface area contributed by atoms with Crippen molar-refractivity contribution in [2.75, 3.05) is 6.61 Å². The Morgan fingerprint density at radius 1 is 1.08 bits per heavy atom. The van der Waals surface area contributed by atoms with Crippen LogP contribution in [0.2, 0.25) is 0 Å². The largest absolute Gasteiger partial charge is 0.463 e. The van der Waals surface area contributed by atoms with E-state index in [1.165, 1.54) is 23.8 Å². The van der Waals surface area contributed by atoms with Crippen molar-refractivity contribution in [3.05, 3.63) is 96.2 Å². The first kappa shape index (κ1) is 26.3. The molecule has 8 heteroatoms. The summed E-state index contributed by atoms with van der Waals surface area (Å²) >= 11 is 1.28. The minimum atomic E-state index is -0.730. The Bertz CT molecular complexity index is 1550. The van der Waals surface area contributed by atoms with Crippen LogP contribution in [0.1, 0.15) is 64.3 Å². The summed E-state index contributed by atoms with van der Waals surface area (Å²) in [6.45, 7) is 11.5. The van der Waals surface area contributed by atoms with E-state index < -0.39 is 18.0 Å². The van der Waals surface area contributed by atoms with Gasteiger partial charge < -0.3 is 9.47 Å². The fourth-order valence-electron chi connectivity index (χ4n) is 4.22. The lowest BCUT2D eigenvalue weighted by atomic mass is 9.87. The SMILES string of the molecule is CCOC(=O)C1=C(C)N=c2s/c(=C/c3ccc(C(C)(C)C)cc3)c(=O)n2[C@H]1c1ccc(OC(C)=O)cc1. The number of aromatic nitrogens is 1. The molecule has 0 unspecified atom stereocenters. The molecule has 4 rings (SSSR count). The van der Waals surface area contributed by atoms with Crippen LogP contribution in [0.15, 0.2) is 69.6 Å². The summed E-state index contributed by atoms with van der Waals surface area (Å²) in [5.41, 5.74) is 3.37. The molecule has 0 saturated carbocycles. The molecule has 2 heterocycles. The van der Waals surface area contributed by atoms with Crippen LogP contribution in [0.4, 0.5) is 0 Å². The minimum Gasteiger partial charge on any atom is -0.463 e. The van der Waals surface area contributed by atoms with Crippen molar-refractivity contribution in [1.82, 2.24) is 4.57 Å². The predicted octanol–water partition coefficient (Wildman–Crippen LogP) is 4.02. The number of ether oxygens (including phenoxy) is 2. The Hall–Kier alpha value is -3.78. The molecule has 0 saturated heterocycles. The van der Waals surface area contributed by atoms with Gasteiger partial charge in [-0.2, -0.15) is 0 Å². The zero-order chi connectivity index (χ0) is 26.9. The highest BCUT2D eigenvalue weighted by atomic mass is 32.1. The molecule has 1 aliphatic heterocycles. The lowest BCUT2D eigenvalue weighted by molar-refractivity contribution is -0.139. The second kappa shape index (κ2) is 10.3. The molecule has 192 valence electrons. The summed E-state index contributed by atoms with van der Waals surface area (Å²) in [6.07, 6.45) is 1.85. The molecule has 0 radical (unpaired) electrons. The number of carbonyl (C=O) groups is 2. The van der Waals surface area contributed by atoms with Crippen LogP contribution in [0.3, 0.4) is 0 Å². The van der Waals surface area contributed by atoms with Gasteiger partial charge in [0, 0.05) is 6.92 Å². The van der Waals surface area contributed by atoms with Crippen molar-refractivity contribution < 1.29 is 19.1 Å². The maximum Gasteiger partial charge on any atom is 0.338 e. The zero-order valence-electron chi connectivity index (χ0n) is 21.8. The predicted molar refractivity (Wildman–Crippen MR) is 143 cm³/mol. The summed E-state index contributed by atoms with van der Waals surface area (Å²) in [5, 5.41) is 0. The number of allylic oxidation sites excluding steroid dienone is 1. The van der Waals surface area contributed by atoms with E-state index in [9.17, 15) is 14.4 Å². The summed E-state index contributed by atoms with van der Waals surface area (Å²) < 4.78 is 12.5. The van der Waals surface area contributed by atoms with Crippen LogP contribution in [-0.4, -0.2) is 23.1 Å². The van der Waals surface area contributed by atoms with Crippen molar-refractivity contribution in [3.8, 4) is 5.75 Å². The van der Waals surface area contributed by atoms with E-state index in [0.717, 1.165) is 5.56 Å². The van der Waals surface area contributed by atoms with Gasteiger partial charge in [0.25, 0.3) is 5.56 Å². The molecule has 0 fully saturated rings. The van der Waals surface area contributed by atoms with Gasteiger partial charge in [-0.15, -0.1) is 0 Å². The first-order valence-corrected chi connectivity index (χ1v) is 12.9. The lowest BCUT2D eigenvalue weighted by Crippen LogP contribution is -2.39. The Labute approximate surface area is 219 Å². The van der Waals surface area contributed by atoms with Crippen molar-refractivity contribution in [1.29, 1.82) is 0 Å². The Morgan fingerprint density at radius 3 is 2.30 bits per heavy atom. The molecular formula is C29H30N2O5S. The first-order valence-electron chi connectivity index (χ1n) is 12.1. The Morgan fingerprint density at radius 2 is 1.73 bits per heavy atom. The molecule has 0 N–H and O–H groups in total. The maximum absolute atomic E-state index is 13.7. The average Bonchev–Trinajstić information content (AvgIpc) is 3.12. The molecular weight excluding hydrogens is 488 g/mol. The Balaban J connectivity index is 1.86. The summed E-state index contributed by atoms with van der Waals surface area (Å²) in [7, 11) is 0. The van der Waals surface area contributed by atoms with Crippen LogP contribution in [0, 0.1) is 0 Å². The van der Waals surface area contributed by atoms with Crippen molar-refractivity contribution in [3.63, 3.8) is 0 Å². The average molecular weight is 519 g/mol. The van der Waals surface area contributed by atoms with Gasteiger partial charge in [0.05, 0.1) is 28.5 Å². The monoisotopic (exact) mass is 518 g/mol. The molecule has 0 amide bonds. The highest BCUT2D eigenvalue weighted by molar-refractivity contribution is 7.07. The Kier molecular flexibility index (Phi) is 7.32. The van der Waals surface area contributed by atoms with Gasteiger partial charge in [0.15, 0.2) is 4.80 Å². The zero-order valence-corrected chi connectivity index (χ0v) is 22.6. The van der Waals surface area contributed by atoms with E-state index in [4.69, 9.17) is 9.47 Å². The van der Waals surface area contributed by atoms with Crippen LogP contribution < -0.4 is 19.6 Å². The highest BCUT2D eigenvalue weighted by Crippen LogP contribution is 2.31. The van der Waals surface area contributed by atoms with E-state index in [2.05, 4.69) is 37.9 Å². The number of benzene rings is 2. The number of hydrogen-bond acceptors (Lipinski definition) is 7. The van der Waals surface area contributed by atoms with Crippen molar-refractivity contribution >= 4 is 29.4 Å². The number of nitrogens with zero attached hydrogens (tertiary/aromatic N) is 2. The summed E-state index contributed by atoms with van der Waals surface area (Å²) in [6, 6.07) is 14.2. The molecule has 0 aliphatic carbocycles. The van der Waals surface area contributed by atoms with Gasteiger partial charge >= 0.3 is 11.9 Å². The molecule has 7 nitrogen and oxygen atoms in total. The van der Waals surface area contributed by atoms with Crippen molar-refractivity contribution in [2.45, 2.75) is 53.0 Å². The van der Waals surface area contributed by atoms with Gasteiger partial charge in [-0.1, -0.05) is 68.5 Å². The summed E-state index contributed by atoms with van der Waals surface area (Å²) in [4.78, 5) is 43.2.